The van der Waals surface area contributed by atoms with Crippen LogP contribution < -0.4 is 9.47 Å². The zero-order valence-electron chi connectivity index (χ0n) is 24.9. The minimum absolute atomic E-state index is 0.0206. The number of ether oxygens (including phenoxy) is 6. The van der Waals surface area contributed by atoms with Gasteiger partial charge >= 0.3 is 0 Å². The minimum Gasteiger partial charge on any atom is -0.491 e. The van der Waals surface area contributed by atoms with Crippen molar-refractivity contribution in [3.8, 4) is 33.8 Å². The Hall–Kier alpha value is -3.68. The Bertz CT molecular complexity index is 1300. The van der Waals surface area contributed by atoms with Crippen LogP contribution in [-0.4, -0.2) is 51.8 Å². The van der Waals surface area contributed by atoms with Crippen molar-refractivity contribution in [2.24, 2.45) is 0 Å². The average Bonchev–Trinajstić information content (AvgIpc) is 3.99. The van der Waals surface area contributed by atoms with E-state index in [0.29, 0.717) is 26.4 Å². The average molecular weight is 581 g/mol. The summed E-state index contributed by atoms with van der Waals surface area (Å²) in [6, 6.07) is 33.6. The second-order valence-electron chi connectivity index (χ2n) is 11.2. The third-order valence-corrected chi connectivity index (χ3v) is 7.84. The second-order valence-corrected chi connectivity index (χ2v) is 11.2. The van der Waals surface area contributed by atoms with E-state index in [1.54, 1.807) is 0 Å². The number of hydrogen-bond acceptors (Lipinski definition) is 6. The molecule has 0 N–H and O–H groups in total. The van der Waals surface area contributed by atoms with E-state index in [4.69, 9.17) is 28.4 Å². The van der Waals surface area contributed by atoms with Crippen molar-refractivity contribution >= 4 is 0 Å². The molecule has 6 nitrogen and oxygen atoms in total. The van der Waals surface area contributed by atoms with Gasteiger partial charge in [-0.05, 0) is 77.9 Å². The van der Waals surface area contributed by atoms with Crippen molar-refractivity contribution in [3.05, 3.63) is 108 Å². The summed E-state index contributed by atoms with van der Waals surface area (Å²) in [5.74, 6) is 1.75. The Kier molecular flexibility index (Phi) is 9.70. The third kappa shape index (κ3) is 8.68. The van der Waals surface area contributed by atoms with Gasteiger partial charge in [0.1, 0.15) is 36.9 Å². The summed E-state index contributed by atoms with van der Waals surface area (Å²) in [7, 11) is 0. The van der Waals surface area contributed by atoms with E-state index in [1.807, 2.05) is 24.3 Å². The molecule has 43 heavy (non-hydrogen) atoms. The van der Waals surface area contributed by atoms with Crippen molar-refractivity contribution in [3.63, 3.8) is 0 Å². The quantitative estimate of drug-likeness (QED) is 0.0995. The summed E-state index contributed by atoms with van der Waals surface area (Å²) in [6.45, 7) is 8.34. The molecule has 2 saturated heterocycles. The lowest BCUT2D eigenvalue weighted by atomic mass is 10.0. The zero-order chi connectivity index (χ0) is 29.4. The molecule has 0 spiro atoms. The first-order valence-electron chi connectivity index (χ1n) is 15.2. The summed E-state index contributed by atoms with van der Waals surface area (Å²) in [5.41, 5.74) is 7.00. The van der Waals surface area contributed by atoms with Gasteiger partial charge in [0.05, 0.1) is 25.4 Å². The fourth-order valence-electron chi connectivity index (χ4n) is 4.86. The topological polar surface area (TPSA) is 62.0 Å². The molecule has 6 rings (SSSR count). The molecule has 4 unspecified atom stereocenters. The van der Waals surface area contributed by atoms with Crippen LogP contribution in [0.1, 0.15) is 43.6 Å². The Morgan fingerprint density at radius 2 is 0.860 bits per heavy atom. The van der Waals surface area contributed by atoms with Crippen molar-refractivity contribution < 1.29 is 28.4 Å². The molecule has 4 aromatic carbocycles. The molecular formula is C37H40O6. The van der Waals surface area contributed by atoms with Gasteiger partial charge in [0, 0.05) is 13.2 Å². The van der Waals surface area contributed by atoms with Gasteiger partial charge < -0.3 is 28.4 Å². The first kappa shape index (κ1) is 29.4. The monoisotopic (exact) mass is 580 g/mol. The van der Waals surface area contributed by atoms with Gasteiger partial charge in [0.15, 0.2) is 0 Å². The van der Waals surface area contributed by atoms with Crippen LogP contribution in [0.15, 0.2) is 97.1 Å². The molecule has 0 aromatic heterocycles. The first-order valence-corrected chi connectivity index (χ1v) is 15.2. The largest absolute Gasteiger partial charge is 0.491 e. The molecule has 0 bridgehead atoms. The summed E-state index contributed by atoms with van der Waals surface area (Å²) >= 11 is 0. The van der Waals surface area contributed by atoms with Gasteiger partial charge in [0.25, 0.3) is 0 Å². The Labute approximate surface area is 254 Å². The zero-order valence-corrected chi connectivity index (χ0v) is 24.9. The van der Waals surface area contributed by atoms with Crippen LogP contribution in [0.4, 0.5) is 0 Å². The van der Waals surface area contributed by atoms with E-state index >= 15 is 0 Å². The number of benzene rings is 4. The lowest BCUT2D eigenvalue weighted by molar-refractivity contribution is 0.0213. The summed E-state index contributed by atoms with van der Waals surface area (Å²) < 4.78 is 34.1. The Balaban J connectivity index is 0.891. The van der Waals surface area contributed by atoms with Crippen molar-refractivity contribution in [1.29, 1.82) is 0 Å². The first-order chi connectivity index (χ1) is 21.1. The van der Waals surface area contributed by atoms with Gasteiger partial charge in [0.2, 0.25) is 0 Å². The van der Waals surface area contributed by atoms with Crippen molar-refractivity contribution in [2.75, 3.05) is 39.6 Å². The van der Waals surface area contributed by atoms with Gasteiger partial charge in [-0.15, -0.1) is 0 Å². The summed E-state index contributed by atoms with van der Waals surface area (Å²) in [5, 5.41) is 0. The van der Waals surface area contributed by atoms with Crippen molar-refractivity contribution in [2.45, 2.75) is 44.7 Å². The maximum Gasteiger partial charge on any atom is 0.119 e. The molecule has 2 aliphatic heterocycles. The van der Waals surface area contributed by atoms with E-state index in [1.165, 1.54) is 11.1 Å². The molecular weight excluding hydrogens is 540 g/mol. The maximum absolute atomic E-state index is 6.11. The van der Waals surface area contributed by atoms with Crippen LogP contribution in [0, 0.1) is 0 Å². The fourth-order valence-corrected chi connectivity index (χ4v) is 4.86. The predicted molar refractivity (Wildman–Crippen MR) is 168 cm³/mol. The predicted octanol–water partition coefficient (Wildman–Crippen LogP) is 7.82. The normalized spacial score (nSPS) is 18.6. The molecule has 2 fully saturated rings. The fraction of sp³-hybridized carbons (Fsp3) is 0.351. The van der Waals surface area contributed by atoms with E-state index < -0.39 is 0 Å². The molecule has 0 radical (unpaired) electrons. The van der Waals surface area contributed by atoms with E-state index in [2.05, 4.69) is 86.6 Å². The number of hydrogen-bond donors (Lipinski definition) is 0. The smallest absolute Gasteiger partial charge is 0.119 e. The molecule has 4 aromatic rings. The SMILES string of the molecule is CC(OCCCOC(C)c1ccc(-c2ccc(OCC3CO3)cc2)cc1)c1ccc(-c2ccc(OCC3CO3)cc2)cc1. The van der Waals surface area contributed by atoms with Gasteiger partial charge in [-0.1, -0.05) is 72.8 Å². The highest BCUT2D eigenvalue weighted by Gasteiger charge is 2.23. The van der Waals surface area contributed by atoms with E-state index in [-0.39, 0.29) is 24.4 Å². The second kappa shape index (κ2) is 14.2. The number of epoxide rings is 2. The van der Waals surface area contributed by atoms with E-state index in [0.717, 1.165) is 53.4 Å². The Morgan fingerprint density at radius 3 is 1.19 bits per heavy atom. The third-order valence-electron chi connectivity index (χ3n) is 7.84. The van der Waals surface area contributed by atoms with Crippen LogP contribution in [0.25, 0.3) is 22.3 Å². The van der Waals surface area contributed by atoms with Crippen LogP contribution >= 0.6 is 0 Å². The summed E-state index contributed by atoms with van der Waals surface area (Å²) in [6.07, 6.45) is 1.41. The van der Waals surface area contributed by atoms with Gasteiger partial charge in [-0.25, -0.2) is 0 Å². The van der Waals surface area contributed by atoms with Crippen LogP contribution in [0.5, 0.6) is 11.5 Å². The lowest BCUT2D eigenvalue weighted by Gasteiger charge is -2.16. The Morgan fingerprint density at radius 1 is 0.535 bits per heavy atom. The highest BCUT2D eigenvalue weighted by atomic mass is 16.6. The summed E-state index contributed by atoms with van der Waals surface area (Å²) in [4.78, 5) is 0. The minimum atomic E-state index is 0.0206. The van der Waals surface area contributed by atoms with Crippen molar-refractivity contribution in [1.82, 2.24) is 0 Å². The molecule has 0 aliphatic carbocycles. The molecule has 2 heterocycles. The van der Waals surface area contributed by atoms with Gasteiger partial charge in [-0.2, -0.15) is 0 Å². The van der Waals surface area contributed by atoms with Gasteiger partial charge in [-0.3, -0.25) is 0 Å². The molecule has 224 valence electrons. The van der Waals surface area contributed by atoms with Crippen LogP contribution in [0.2, 0.25) is 0 Å². The lowest BCUT2D eigenvalue weighted by Crippen LogP contribution is -2.07. The molecule has 0 amide bonds. The van der Waals surface area contributed by atoms with Crippen LogP contribution in [0.3, 0.4) is 0 Å². The standard InChI is InChI=1S/C37H40O6/c1-26(28-4-8-30(9-5-28)32-12-16-34(17-13-32)40-22-36-24-42-36)38-20-3-21-39-27(2)29-6-10-31(11-7-29)33-14-18-35(19-15-33)41-23-37-25-43-37/h4-19,26-27,36-37H,3,20-25H2,1-2H3. The molecule has 0 saturated carbocycles. The highest BCUT2D eigenvalue weighted by molar-refractivity contribution is 5.65. The highest BCUT2D eigenvalue weighted by Crippen LogP contribution is 2.28. The van der Waals surface area contributed by atoms with Crippen LogP contribution in [-0.2, 0) is 18.9 Å². The van der Waals surface area contributed by atoms with E-state index in [9.17, 15) is 0 Å². The molecule has 4 atom stereocenters. The maximum atomic E-state index is 6.11. The number of rotatable bonds is 16. The molecule has 2 aliphatic rings. The molecule has 6 heteroatoms.